The summed E-state index contributed by atoms with van der Waals surface area (Å²) in [6.45, 7) is 4.02. The van der Waals surface area contributed by atoms with Gasteiger partial charge in [-0.25, -0.2) is 8.78 Å². The predicted molar refractivity (Wildman–Crippen MR) is 66.2 cm³/mol. The first-order valence-corrected chi connectivity index (χ1v) is 5.91. The maximum atomic E-state index is 13.7. The summed E-state index contributed by atoms with van der Waals surface area (Å²) in [6, 6.07) is 2.86. The molecule has 0 aliphatic carbocycles. The lowest BCUT2D eigenvalue weighted by atomic mass is 10.2. The molecule has 0 radical (unpaired) electrons. The van der Waals surface area contributed by atoms with E-state index < -0.39 is 17.9 Å². The van der Waals surface area contributed by atoms with Gasteiger partial charge in [0.2, 0.25) is 0 Å². The minimum absolute atomic E-state index is 0.182. The van der Waals surface area contributed by atoms with Crippen molar-refractivity contribution in [3.05, 3.63) is 23.8 Å². The van der Waals surface area contributed by atoms with Crippen LogP contribution in [0.25, 0.3) is 0 Å². The van der Waals surface area contributed by atoms with E-state index in [9.17, 15) is 13.9 Å². The molecule has 1 aliphatic rings. The molecule has 1 unspecified atom stereocenters. The zero-order valence-corrected chi connectivity index (χ0v) is 10.2. The van der Waals surface area contributed by atoms with Crippen molar-refractivity contribution in [2.45, 2.75) is 13.2 Å². The van der Waals surface area contributed by atoms with Crippen molar-refractivity contribution in [1.29, 1.82) is 0 Å². The quantitative estimate of drug-likeness (QED) is 0.776. The van der Waals surface area contributed by atoms with Crippen molar-refractivity contribution in [3.8, 4) is 0 Å². The molecule has 0 aromatic heterocycles. The summed E-state index contributed by atoms with van der Waals surface area (Å²) in [5.74, 6) is -1.90. The van der Waals surface area contributed by atoms with Crippen LogP contribution in [-0.4, -0.2) is 42.4 Å². The zero-order valence-electron chi connectivity index (χ0n) is 10.2. The number of anilines is 2. The Morgan fingerprint density at radius 2 is 1.78 bits per heavy atom. The van der Waals surface area contributed by atoms with Gasteiger partial charge in [-0.3, -0.25) is 4.90 Å². The third kappa shape index (κ3) is 2.39. The molecule has 1 aliphatic heterocycles. The predicted octanol–water partition coefficient (Wildman–Crippen LogP) is 1.01. The zero-order chi connectivity index (χ0) is 13.3. The van der Waals surface area contributed by atoms with E-state index in [0.29, 0.717) is 26.2 Å². The van der Waals surface area contributed by atoms with Crippen LogP contribution in [0.15, 0.2) is 12.1 Å². The van der Waals surface area contributed by atoms with E-state index in [-0.39, 0.29) is 11.4 Å². The number of halogens is 2. The molecule has 3 N–H and O–H groups in total. The monoisotopic (exact) mass is 257 g/mol. The largest absolute Gasteiger partial charge is 0.396 e. The highest BCUT2D eigenvalue weighted by Crippen LogP contribution is 2.26. The van der Waals surface area contributed by atoms with Crippen LogP contribution in [-0.2, 0) is 0 Å². The van der Waals surface area contributed by atoms with Gasteiger partial charge in [0.1, 0.15) is 6.23 Å². The summed E-state index contributed by atoms with van der Waals surface area (Å²) in [7, 11) is 0. The molecule has 1 heterocycles. The number of hydrogen-bond donors (Lipinski definition) is 2. The van der Waals surface area contributed by atoms with E-state index in [1.54, 1.807) is 11.8 Å². The fraction of sp³-hybridized carbons (Fsp3) is 0.500. The second-order valence-corrected chi connectivity index (χ2v) is 4.46. The molecule has 1 aromatic rings. The standard InChI is InChI=1S/C12H17F2N3O/c1-8(18)16-4-6-17(7-5-16)10-3-2-9(15)11(13)12(10)14/h2-3,8,18H,4-7,15H2,1H3. The highest BCUT2D eigenvalue weighted by Gasteiger charge is 2.23. The first-order valence-electron chi connectivity index (χ1n) is 5.91. The highest BCUT2D eigenvalue weighted by atomic mass is 19.2. The first-order chi connectivity index (χ1) is 8.50. The third-order valence-electron chi connectivity index (χ3n) is 3.28. The van der Waals surface area contributed by atoms with Crippen LogP contribution in [0.1, 0.15) is 6.92 Å². The van der Waals surface area contributed by atoms with Gasteiger partial charge in [-0.2, -0.15) is 0 Å². The van der Waals surface area contributed by atoms with Gasteiger partial charge in [-0.05, 0) is 19.1 Å². The molecule has 0 saturated carbocycles. The van der Waals surface area contributed by atoms with Crippen LogP contribution in [0, 0.1) is 11.6 Å². The van der Waals surface area contributed by atoms with Crippen molar-refractivity contribution in [3.63, 3.8) is 0 Å². The lowest BCUT2D eigenvalue weighted by Gasteiger charge is -2.37. The van der Waals surface area contributed by atoms with Crippen LogP contribution < -0.4 is 10.6 Å². The fourth-order valence-corrected chi connectivity index (χ4v) is 2.13. The normalized spacial score (nSPS) is 19.0. The van der Waals surface area contributed by atoms with Crippen molar-refractivity contribution in [2.24, 2.45) is 0 Å². The molecular weight excluding hydrogens is 240 g/mol. The maximum Gasteiger partial charge on any atom is 0.184 e. The molecule has 2 rings (SSSR count). The van der Waals surface area contributed by atoms with Crippen LogP contribution in [0.3, 0.4) is 0 Å². The number of benzene rings is 1. The van der Waals surface area contributed by atoms with Crippen LogP contribution in [0.2, 0.25) is 0 Å². The Bertz CT molecular complexity index is 432. The summed E-state index contributed by atoms with van der Waals surface area (Å²) in [5.41, 5.74) is 5.35. The fourth-order valence-electron chi connectivity index (χ4n) is 2.13. The number of hydrogen-bond acceptors (Lipinski definition) is 4. The van der Waals surface area contributed by atoms with E-state index in [2.05, 4.69) is 0 Å². The van der Waals surface area contributed by atoms with E-state index in [1.165, 1.54) is 12.1 Å². The van der Waals surface area contributed by atoms with Crippen molar-refractivity contribution in [1.82, 2.24) is 4.90 Å². The van der Waals surface area contributed by atoms with Gasteiger partial charge in [0, 0.05) is 26.2 Å². The topological polar surface area (TPSA) is 52.7 Å². The van der Waals surface area contributed by atoms with Crippen LogP contribution in [0.5, 0.6) is 0 Å². The van der Waals surface area contributed by atoms with Gasteiger partial charge in [-0.1, -0.05) is 0 Å². The Hall–Kier alpha value is -1.40. The number of rotatable bonds is 2. The molecule has 0 spiro atoms. The van der Waals surface area contributed by atoms with Crippen molar-refractivity contribution >= 4 is 11.4 Å². The number of nitrogens with zero attached hydrogens (tertiary/aromatic N) is 2. The Morgan fingerprint density at radius 3 is 2.33 bits per heavy atom. The summed E-state index contributed by atoms with van der Waals surface area (Å²) in [4.78, 5) is 3.64. The Labute approximate surface area is 105 Å². The van der Waals surface area contributed by atoms with Gasteiger partial charge < -0.3 is 15.7 Å². The molecule has 1 saturated heterocycles. The lowest BCUT2D eigenvalue weighted by Crippen LogP contribution is -2.49. The van der Waals surface area contributed by atoms with Gasteiger partial charge in [0.15, 0.2) is 11.6 Å². The Morgan fingerprint density at radius 1 is 1.17 bits per heavy atom. The number of nitrogen functional groups attached to an aromatic ring is 1. The van der Waals surface area contributed by atoms with E-state index >= 15 is 0 Å². The molecule has 4 nitrogen and oxygen atoms in total. The first kappa shape index (κ1) is 13.0. The number of aliphatic hydroxyl groups excluding tert-OH is 1. The van der Waals surface area contributed by atoms with E-state index in [0.717, 1.165) is 0 Å². The minimum atomic E-state index is -0.995. The second-order valence-electron chi connectivity index (χ2n) is 4.46. The summed E-state index contributed by atoms with van der Waals surface area (Å²) < 4.78 is 27.1. The van der Waals surface area contributed by atoms with Crippen molar-refractivity contribution in [2.75, 3.05) is 36.8 Å². The van der Waals surface area contributed by atoms with Crippen LogP contribution in [0.4, 0.5) is 20.2 Å². The molecule has 0 amide bonds. The lowest BCUT2D eigenvalue weighted by molar-refractivity contribution is 0.0152. The molecule has 100 valence electrons. The maximum absolute atomic E-state index is 13.7. The van der Waals surface area contributed by atoms with Crippen molar-refractivity contribution < 1.29 is 13.9 Å². The summed E-state index contributed by atoms with van der Waals surface area (Å²) >= 11 is 0. The van der Waals surface area contributed by atoms with Gasteiger partial charge in [0.25, 0.3) is 0 Å². The molecule has 0 bridgehead atoms. The summed E-state index contributed by atoms with van der Waals surface area (Å²) in [6.07, 6.45) is -0.514. The molecule has 6 heteroatoms. The van der Waals surface area contributed by atoms with Gasteiger partial charge in [-0.15, -0.1) is 0 Å². The number of nitrogens with two attached hydrogens (primary N) is 1. The molecule has 1 aromatic carbocycles. The van der Waals surface area contributed by atoms with E-state index in [1.807, 2.05) is 4.90 Å². The molecular formula is C12H17F2N3O. The molecule has 18 heavy (non-hydrogen) atoms. The Kier molecular flexibility index (Phi) is 3.68. The third-order valence-corrected chi connectivity index (χ3v) is 3.28. The molecule has 1 fully saturated rings. The second kappa shape index (κ2) is 5.07. The smallest absolute Gasteiger partial charge is 0.184 e. The summed E-state index contributed by atoms with van der Waals surface area (Å²) in [5, 5.41) is 9.43. The minimum Gasteiger partial charge on any atom is -0.396 e. The average molecular weight is 257 g/mol. The van der Waals surface area contributed by atoms with Gasteiger partial charge >= 0.3 is 0 Å². The van der Waals surface area contributed by atoms with Gasteiger partial charge in [0.05, 0.1) is 11.4 Å². The molecule has 1 atom stereocenters. The highest BCUT2D eigenvalue weighted by molar-refractivity contribution is 5.55. The SMILES string of the molecule is CC(O)N1CCN(c2ccc(N)c(F)c2F)CC1. The average Bonchev–Trinajstić information content (AvgIpc) is 2.36. The Balaban J connectivity index is 2.13. The van der Waals surface area contributed by atoms with E-state index in [4.69, 9.17) is 5.73 Å². The number of aliphatic hydroxyl groups is 1. The number of piperazine rings is 1. The van der Waals surface area contributed by atoms with Crippen LogP contribution >= 0.6 is 0 Å².